The van der Waals surface area contributed by atoms with E-state index < -0.39 is 5.97 Å². The fraction of sp³-hybridized carbons (Fsp3) is 0.500. The average Bonchev–Trinajstić information content (AvgIpc) is 2.01. The summed E-state index contributed by atoms with van der Waals surface area (Å²) < 4.78 is 0. The van der Waals surface area contributed by atoms with E-state index in [1.807, 2.05) is 20.8 Å². The predicted molar refractivity (Wildman–Crippen MR) is 52.4 cm³/mol. The lowest BCUT2D eigenvalue weighted by Gasteiger charge is -2.19. The van der Waals surface area contributed by atoms with Crippen LogP contribution in [0.3, 0.4) is 0 Å². The molecule has 0 radical (unpaired) electrons. The van der Waals surface area contributed by atoms with Gasteiger partial charge in [-0.1, -0.05) is 20.8 Å². The summed E-state index contributed by atoms with van der Waals surface area (Å²) in [5, 5.41) is 8.70. The topological polar surface area (TPSA) is 63.1 Å². The first kappa shape index (κ1) is 10.6. The van der Waals surface area contributed by atoms with Crippen molar-refractivity contribution in [3.63, 3.8) is 0 Å². The maximum absolute atomic E-state index is 10.6. The minimum Gasteiger partial charge on any atom is -0.476 e. The van der Waals surface area contributed by atoms with Crippen LogP contribution < -0.4 is 0 Å². The van der Waals surface area contributed by atoms with Crippen molar-refractivity contribution in [2.45, 2.75) is 33.1 Å². The van der Waals surface area contributed by atoms with Crippen molar-refractivity contribution in [3.05, 3.63) is 23.3 Å². The third-order valence-corrected chi connectivity index (χ3v) is 1.88. The second-order valence-electron chi connectivity index (χ2n) is 4.24. The largest absolute Gasteiger partial charge is 0.476 e. The Labute approximate surface area is 83.0 Å². The molecule has 0 aromatic carbocycles. The molecule has 0 unspecified atom stereocenters. The van der Waals surface area contributed by atoms with Crippen molar-refractivity contribution in [1.82, 2.24) is 9.97 Å². The molecule has 4 nitrogen and oxygen atoms in total. The predicted octanol–water partition coefficient (Wildman–Crippen LogP) is 1.78. The number of rotatable bonds is 1. The van der Waals surface area contributed by atoms with Crippen LogP contribution in [0.25, 0.3) is 0 Å². The third kappa shape index (κ3) is 2.07. The summed E-state index contributed by atoms with van der Waals surface area (Å²) in [6.07, 6.45) is 1.30. The van der Waals surface area contributed by atoms with Gasteiger partial charge in [-0.2, -0.15) is 0 Å². The first-order valence-corrected chi connectivity index (χ1v) is 4.40. The van der Waals surface area contributed by atoms with Crippen LogP contribution >= 0.6 is 0 Å². The Morgan fingerprint density at radius 1 is 1.43 bits per heavy atom. The van der Waals surface area contributed by atoms with Gasteiger partial charge in [0.2, 0.25) is 0 Å². The fourth-order valence-electron chi connectivity index (χ4n) is 1.32. The SMILES string of the molecule is Cc1nc(C(=O)O)cnc1C(C)(C)C. The van der Waals surface area contributed by atoms with Gasteiger partial charge in [0.1, 0.15) is 0 Å². The van der Waals surface area contributed by atoms with Gasteiger partial charge in [0.15, 0.2) is 5.69 Å². The van der Waals surface area contributed by atoms with Crippen LogP contribution in [0.1, 0.15) is 42.6 Å². The molecule has 0 saturated carbocycles. The maximum Gasteiger partial charge on any atom is 0.356 e. The lowest BCUT2D eigenvalue weighted by atomic mass is 9.90. The van der Waals surface area contributed by atoms with Gasteiger partial charge >= 0.3 is 5.97 Å². The van der Waals surface area contributed by atoms with E-state index in [0.29, 0.717) is 5.69 Å². The molecule has 0 aliphatic heterocycles. The van der Waals surface area contributed by atoms with Crippen molar-refractivity contribution in [1.29, 1.82) is 0 Å². The van der Waals surface area contributed by atoms with Crippen molar-refractivity contribution in [2.75, 3.05) is 0 Å². The molecule has 4 heteroatoms. The summed E-state index contributed by atoms with van der Waals surface area (Å²) in [5.41, 5.74) is 1.41. The Bertz CT molecular complexity index is 367. The van der Waals surface area contributed by atoms with Crippen LogP contribution in [-0.4, -0.2) is 21.0 Å². The Kier molecular flexibility index (Phi) is 2.55. The summed E-state index contributed by atoms with van der Waals surface area (Å²) in [7, 11) is 0. The molecule has 1 heterocycles. The minimum atomic E-state index is -1.04. The molecular weight excluding hydrogens is 180 g/mol. The standard InChI is InChI=1S/C10H14N2O2/c1-6-8(10(2,3)4)11-5-7(12-6)9(13)14/h5H,1-4H3,(H,13,14). The van der Waals surface area contributed by atoms with E-state index in [4.69, 9.17) is 5.11 Å². The Morgan fingerprint density at radius 2 is 2.00 bits per heavy atom. The van der Waals surface area contributed by atoms with E-state index in [1.165, 1.54) is 6.20 Å². The Hall–Kier alpha value is -1.45. The van der Waals surface area contributed by atoms with Crippen molar-refractivity contribution in [3.8, 4) is 0 Å². The lowest BCUT2D eigenvalue weighted by Crippen LogP contribution is -2.18. The quantitative estimate of drug-likeness (QED) is 0.740. The van der Waals surface area contributed by atoms with Crippen LogP contribution in [0, 0.1) is 6.92 Å². The van der Waals surface area contributed by atoms with Gasteiger partial charge in [-0.3, -0.25) is 4.98 Å². The normalized spacial score (nSPS) is 11.4. The summed E-state index contributed by atoms with van der Waals surface area (Å²) in [6.45, 7) is 7.83. The Morgan fingerprint density at radius 3 is 2.36 bits per heavy atom. The highest BCUT2D eigenvalue weighted by Crippen LogP contribution is 2.21. The molecule has 0 aliphatic rings. The molecular formula is C10H14N2O2. The van der Waals surface area contributed by atoms with E-state index in [2.05, 4.69) is 9.97 Å². The van der Waals surface area contributed by atoms with Crippen molar-refractivity contribution >= 4 is 5.97 Å². The van der Waals surface area contributed by atoms with Gasteiger partial charge in [0, 0.05) is 5.41 Å². The maximum atomic E-state index is 10.6. The first-order chi connectivity index (χ1) is 6.32. The molecule has 1 rings (SSSR count). The molecule has 0 spiro atoms. The summed E-state index contributed by atoms with van der Waals surface area (Å²) >= 11 is 0. The minimum absolute atomic E-state index is 0.00417. The van der Waals surface area contributed by atoms with Crippen molar-refractivity contribution in [2.24, 2.45) is 0 Å². The Balaban J connectivity index is 3.21. The van der Waals surface area contributed by atoms with E-state index in [-0.39, 0.29) is 11.1 Å². The van der Waals surface area contributed by atoms with E-state index in [0.717, 1.165) is 5.69 Å². The zero-order valence-corrected chi connectivity index (χ0v) is 8.83. The average molecular weight is 194 g/mol. The monoisotopic (exact) mass is 194 g/mol. The highest BCUT2D eigenvalue weighted by Gasteiger charge is 2.20. The van der Waals surface area contributed by atoms with Crippen LogP contribution in [-0.2, 0) is 5.41 Å². The number of carboxylic acids is 1. The summed E-state index contributed by atoms with van der Waals surface area (Å²) in [4.78, 5) is 18.7. The van der Waals surface area contributed by atoms with Crippen LogP contribution in [0.4, 0.5) is 0 Å². The molecule has 0 amide bonds. The first-order valence-electron chi connectivity index (χ1n) is 4.40. The third-order valence-electron chi connectivity index (χ3n) is 1.88. The molecule has 0 bridgehead atoms. The molecule has 1 N–H and O–H groups in total. The number of aromatic carboxylic acids is 1. The van der Waals surface area contributed by atoms with Gasteiger partial charge < -0.3 is 5.11 Å². The van der Waals surface area contributed by atoms with Crippen LogP contribution in [0.15, 0.2) is 6.20 Å². The van der Waals surface area contributed by atoms with E-state index in [9.17, 15) is 4.79 Å². The second kappa shape index (κ2) is 3.36. The molecule has 0 atom stereocenters. The van der Waals surface area contributed by atoms with E-state index >= 15 is 0 Å². The van der Waals surface area contributed by atoms with Crippen molar-refractivity contribution < 1.29 is 9.90 Å². The number of aryl methyl sites for hydroxylation is 1. The summed E-state index contributed by atoms with van der Waals surface area (Å²) in [6, 6.07) is 0. The number of carboxylic acid groups (broad SMARTS) is 1. The summed E-state index contributed by atoms with van der Waals surface area (Å²) in [5.74, 6) is -1.04. The number of nitrogens with zero attached hydrogens (tertiary/aromatic N) is 2. The smallest absolute Gasteiger partial charge is 0.356 e. The highest BCUT2D eigenvalue weighted by atomic mass is 16.4. The number of carbonyl (C=O) groups is 1. The van der Waals surface area contributed by atoms with Gasteiger partial charge in [-0.25, -0.2) is 9.78 Å². The van der Waals surface area contributed by atoms with Crippen LogP contribution in [0.5, 0.6) is 0 Å². The molecule has 1 aromatic heterocycles. The molecule has 0 fully saturated rings. The molecule has 1 aromatic rings. The van der Waals surface area contributed by atoms with Crippen LogP contribution in [0.2, 0.25) is 0 Å². The highest BCUT2D eigenvalue weighted by molar-refractivity contribution is 5.84. The number of hydrogen-bond acceptors (Lipinski definition) is 3. The van der Waals surface area contributed by atoms with E-state index in [1.54, 1.807) is 6.92 Å². The van der Waals surface area contributed by atoms with Gasteiger partial charge in [-0.05, 0) is 6.92 Å². The second-order valence-corrected chi connectivity index (χ2v) is 4.24. The van der Waals surface area contributed by atoms with Gasteiger partial charge in [-0.15, -0.1) is 0 Å². The zero-order chi connectivity index (χ0) is 10.9. The van der Waals surface area contributed by atoms with Gasteiger partial charge in [0.25, 0.3) is 0 Å². The molecule has 76 valence electrons. The molecule has 0 saturated heterocycles. The molecule has 14 heavy (non-hydrogen) atoms. The number of aromatic nitrogens is 2. The lowest BCUT2D eigenvalue weighted by molar-refractivity contribution is 0.0689. The zero-order valence-electron chi connectivity index (χ0n) is 8.83. The van der Waals surface area contributed by atoms with Gasteiger partial charge in [0.05, 0.1) is 17.6 Å². The fourth-order valence-corrected chi connectivity index (χ4v) is 1.32. The number of hydrogen-bond donors (Lipinski definition) is 1. The molecule has 0 aliphatic carbocycles.